The van der Waals surface area contributed by atoms with Gasteiger partial charge in [-0.2, -0.15) is 17.0 Å². The fourth-order valence-electron chi connectivity index (χ4n) is 2.23. The Morgan fingerprint density at radius 3 is 3.13 bits per heavy atom. The van der Waals surface area contributed by atoms with Gasteiger partial charge in [0.05, 0.1) is 25.2 Å². The minimum atomic E-state index is -0.436. The highest BCUT2D eigenvalue weighted by Gasteiger charge is 2.44. The van der Waals surface area contributed by atoms with Crippen LogP contribution in [0.2, 0.25) is 0 Å². The molecule has 2 rings (SSSR count). The lowest BCUT2D eigenvalue weighted by molar-refractivity contribution is -0.187. The van der Waals surface area contributed by atoms with Crippen molar-refractivity contribution in [2.45, 2.75) is 38.1 Å². The zero-order valence-corrected chi connectivity index (χ0v) is 9.89. The third-order valence-corrected chi connectivity index (χ3v) is 4.39. The highest BCUT2D eigenvalue weighted by atomic mass is 32.2. The summed E-state index contributed by atoms with van der Waals surface area (Å²) in [6.45, 7) is 2.60. The summed E-state index contributed by atoms with van der Waals surface area (Å²) in [6, 6.07) is 2.14. The van der Waals surface area contributed by atoms with Crippen molar-refractivity contribution in [1.29, 1.82) is 5.26 Å². The van der Waals surface area contributed by atoms with Gasteiger partial charge in [-0.1, -0.05) is 0 Å². The van der Waals surface area contributed by atoms with Crippen molar-refractivity contribution in [2.24, 2.45) is 5.92 Å². The van der Waals surface area contributed by atoms with Crippen LogP contribution < -0.4 is 0 Å². The summed E-state index contributed by atoms with van der Waals surface area (Å²) in [5.74, 6) is 2.43. The maximum atomic E-state index is 8.62. The molecule has 0 aromatic heterocycles. The smallest absolute Gasteiger partial charge is 0.169 e. The summed E-state index contributed by atoms with van der Waals surface area (Å²) in [5.41, 5.74) is 0. The minimum Gasteiger partial charge on any atom is -0.347 e. The fraction of sp³-hybridized carbons (Fsp3) is 0.909. The second kappa shape index (κ2) is 4.73. The van der Waals surface area contributed by atoms with E-state index < -0.39 is 5.79 Å². The highest BCUT2D eigenvalue weighted by molar-refractivity contribution is 7.99. The molecule has 2 aliphatic heterocycles. The summed E-state index contributed by atoms with van der Waals surface area (Å²) in [7, 11) is 0. The van der Waals surface area contributed by atoms with Crippen molar-refractivity contribution in [3.8, 4) is 6.07 Å². The monoisotopic (exact) mass is 227 g/mol. The number of rotatable bonds is 2. The maximum absolute atomic E-state index is 8.62. The Morgan fingerprint density at radius 2 is 2.47 bits per heavy atom. The number of ether oxygens (including phenoxy) is 2. The van der Waals surface area contributed by atoms with Crippen molar-refractivity contribution >= 4 is 11.8 Å². The molecule has 15 heavy (non-hydrogen) atoms. The van der Waals surface area contributed by atoms with Gasteiger partial charge in [-0.25, -0.2) is 0 Å². The van der Waals surface area contributed by atoms with E-state index in [-0.39, 0.29) is 6.10 Å². The quantitative estimate of drug-likeness (QED) is 0.725. The molecule has 0 aromatic rings. The number of hydrogen-bond acceptors (Lipinski definition) is 4. The molecule has 0 saturated carbocycles. The highest BCUT2D eigenvalue weighted by Crippen LogP contribution is 2.38. The molecule has 0 amide bonds. The predicted molar refractivity (Wildman–Crippen MR) is 59.5 cm³/mol. The first-order valence-electron chi connectivity index (χ1n) is 5.51. The lowest BCUT2D eigenvalue weighted by Gasteiger charge is -2.34. The molecular weight excluding hydrogens is 210 g/mol. The SMILES string of the molecule is CC1(C2CCCSC2)OCC(CC#N)O1. The second-order valence-electron chi connectivity index (χ2n) is 4.34. The van der Waals surface area contributed by atoms with E-state index in [9.17, 15) is 0 Å². The van der Waals surface area contributed by atoms with Crippen LogP contribution >= 0.6 is 11.8 Å². The minimum absolute atomic E-state index is 0.0214. The average Bonchev–Trinajstić information content (AvgIpc) is 2.64. The van der Waals surface area contributed by atoms with Crippen LogP contribution in [0.4, 0.5) is 0 Å². The van der Waals surface area contributed by atoms with Crippen molar-refractivity contribution in [1.82, 2.24) is 0 Å². The van der Waals surface area contributed by atoms with E-state index in [4.69, 9.17) is 14.7 Å². The zero-order chi connectivity index (χ0) is 10.7. The van der Waals surface area contributed by atoms with Crippen LogP contribution in [0.1, 0.15) is 26.2 Å². The third-order valence-electron chi connectivity index (χ3n) is 3.18. The van der Waals surface area contributed by atoms with E-state index in [1.54, 1.807) is 0 Å². The standard InChI is InChI=1S/C11H17NO2S/c1-11(9-3-2-6-15-8-9)13-7-10(14-11)4-5-12/h9-10H,2-4,6-8H2,1H3. The third kappa shape index (κ3) is 2.47. The molecule has 2 saturated heterocycles. The first kappa shape index (κ1) is 11.3. The summed E-state index contributed by atoms with van der Waals surface area (Å²) in [4.78, 5) is 0. The van der Waals surface area contributed by atoms with E-state index in [0.29, 0.717) is 18.9 Å². The largest absolute Gasteiger partial charge is 0.347 e. The van der Waals surface area contributed by atoms with Crippen molar-refractivity contribution in [3.05, 3.63) is 0 Å². The van der Waals surface area contributed by atoms with Gasteiger partial charge in [0, 0.05) is 11.7 Å². The Balaban J connectivity index is 1.93. The summed E-state index contributed by atoms with van der Waals surface area (Å²) in [6.07, 6.45) is 2.85. The summed E-state index contributed by atoms with van der Waals surface area (Å²) >= 11 is 1.98. The molecule has 2 aliphatic rings. The molecule has 2 heterocycles. The van der Waals surface area contributed by atoms with E-state index in [0.717, 1.165) is 5.75 Å². The van der Waals surface area contributed by atoms with Crippen LogP contribution in [0, 0.1) is 17.2 Å². The number of hydrogen-bond donors (Lipinski definition) is 0. The number of nitriles is 1. The second-order valence-corrected chi connectivity index (χ2v) is 5.49. The average molecular weight is 227 g/mol. The Bertz CT molecular complexity index is 260. The molecule has 84 valence electrons. The number of nitrogens with zero attached hydrogens (tertiary/aromatic N) is 1. The van der Waals surface area contributed by atoms with E-state index in [1.807, 2.05) is 18.7 Å². The van der Waals surface area contributed by atoms with Crippen LogP contribution in [0.3, 0.4) is 0 Å². The van der Waals surface area contributed by atoms with Crippen molar-refractivity contribution in [3.63, 3.8) is 0 Å². The van der Waals surface area contributed by atoms with Crippen LogP contribution in [0.5, 0.6) is 0 Å². The Morgan fingerprint density at radius 1 is 1.60 bits per heavy atom. The van der Waals surface area contributed by atoms with Gasteiger partial charge in [-0.3, -0.25) is 0 Å². The molecule has 0 spiro atoms. The molecule has 0 aromatic carbocycles. The first-order chi connectivity index (χ1) is 7.24. The fourth-order valence-corrected chi connectivity index (χ4v) is 3.52. The topological polar surface area (TPSA) is 42.2 Å². The Hall–Kier alpha value is -0.240. The molecule has 4 heteroatoms. The van der Waals surface area contributed by atoms with Crippen LogP contribution in [0.15, 0.2) is 0 Å². The number of thioether (sulfide) groups is 1. The van der Waals surface area contributed by atoms with Crippen LogP contribution in [-0.2, 0) is 9.47 Å². The van der Waals surface area contributed by atoms with Crippen LogP contribution in [0.25, 0.3) is 0 Å². The molecule has 3 atom stereocenters. The van der Waals surface area contributed by atoms with Crippen LogP contribution in [-0.4, -0.2) is 30.0 Å². The maximum Gasteiger partial charge on any atom is 0.169 e. The van der Waals surface area contributed by atoms with Gasteiger partial charge in [0.2, 0.25) is 0 Å². The lowest BCUT2D eigenvalue weighted by Crippen LogP contribution is -2.39. The van der Waals surface area contributed by atoms with Gasteiger partial charge in [-0.15, -0.1) is 0 Å². The molecule has 0 aliphatic carbocycles. The summed E-state index contributed by atoms with van der Waals surface area (Å²) in [5, 5.41) is 8.62. The summed E-state index contributed by atoms with van der Waals surface area (Å²) < 4.78 is 11.6. The Kier molecular flexibility index (Phi) is 3.55. The van der Waals surface area contributed by atoms with Gasteiger partial charge in [0.1, 0.15) is 0 Å². The van der Waals surface area contributed by atoms with Gasteiger partial charge in [0.25, 0.3) is 0 Å². The van der Waals surface area contributed by atoms with Gasteiger partial charge in [0.15, 0.2) is 5.79 Å². The molecule has 0 N–H and O–H groups in total. The van der Waals surface area contributed by atoms with Crippen molar-refractivity contribution in [2.75, 3.05) is 18.1 Å². The zero-order valence-electron chi connectivity index (χ0n) is 9.07. The predicted octanol–water partition coefficient (Wildman–Crippen LogP) is 2.17. The molecule has 0 radical (unpaired) electrons. The van der Waals surface area contributed by atoms with E-state index in [1.165, 1.54) is 18.6 Å². The molecular formula is C11H17NO2S. The molecule has 3 nitrogen and oxygen atoms in total. The van der Waals surface area contributed by atoms with E-state index >= 15 is 0 Å². The molecule has 0 bridgehead atoms. The van der Waals surface area contributed by atoms with Gasteiger partial charge in [-0.05, 0) is 25.5 Å². The lowest BCUT2D eigenvalue weighted by atomic mass is 9.96. The molecule has 2 fully saturated rings. The van der Waals surface area contributed by atoms with Gasteiger partial charge < -0.3 is 9.47 Å². The van der Waals surface area contributed by atoms with Crippen molar-refractivity contribution < 1.29 is 9.47 Å². The normalized spacial score (nSPS) is 41.3. The van der Waals surface area contributed by atoms with E-state index in [2.05, 4.69) is 6.07 Å². The first-order valence-corrected chi connectivity index (χ1v) is 6.66. The van der Waals surface area contributed by atoms with Gasteiger partial charge >= 0.3 is 0 Å². The molecule has 3 unspecified atom stereocenters. The Labute approximate surface area is 95.1 Å².